The number of piperidine rings is 1. The Kier molecular flexibility index (Phi) is 4.22. The van der Waals surface area contributed by atoms with E-state index in [9.17, 15) is 0 Å². The van der Waals surface area contributed by atoms with Gasteiger partial charge in [0.2, 0.25) is 0 Å². The zero-order chi connectivity index (χ0) is 11.4. The summed E-state index contributed by atoms with van der Waals surface area (Å²) in [5.74, 6) is 0.988. The summed E-state index contributed by atoms with van der Waals surface area (Å²) >= 11 is 0. The zero-order valence-corrected chi connectivity index (χ0v) is 10.8. The molecule has 1 aliphatic heterocycles. The van der Waals surface area contributed by atoms with Crippen molar-refractivity contribution in [2.75, 3.05) is 20.1 Å². The van der Waals surface area contributed by atoms with Gasteiger partial charge in [0.25, 0.3) is 0 Å². The van der Waals surface area contributed by atoms with Crippen molar-refractivity contribution in [3.05, 3.63) is 23.3 Å². The minimum absolute atomic E-state index is 0.988. The molecule has 0 unspecified atom stereocenters. The first kappa shape index (κ1) is 11.9. The largest absolute Gasteiger partial charge is 0.306 e. The molecule has 0 spiro atoms. The van der Waals surface area contributed by atoms with Crippen LogP contribution in [0.4, 0.5) is 0 Å². The Morgan fingerprint density at radius 2 is 1.88 bits per heavy atom. The monoisotopic (exact) mass is 219 g/mol. The Balaban J connectivity index is 1.75. The molecule has 2 rings (SSSR count). The van der Waals surface area contributed by atoms with E-state index >= 15 is 0 Å². The molecule has 0 bridgehead atoms. The predicted octanol–water partition coefficient (Wildman–Crippen LogP) is 3.77. The third-order valence-corrected chi connectivity index (χ3v) is 4.25. The lowest BCUT2D eigenvalue weighted by Crippen LogP contribution is -2.30. The third-order valence-electron chi connectivity index (χ3n) is 4.25. The maximum absolute atomic E-state index is 2.46. The number of rotatable bonds is 3. The minimum atomic E-state index is 0.988. The van der Waals surface area contributed by atoms with E-state index in [-0.39, 0.29) is 0 Å². The van der Waals surface area contributed by atoms with Crippen molar-refractivity contribution in [3.8, 4) is 0 Å². The van der Waals surface area contributed by atoms with Gasteiger partial charge in [0.05, 0.1) is 0 Å². The second-order valence-corrected chi connectivity index (χ2v) is 5.55. The number of nitrogens with zero attached hydrogens (tertiary/aromatic N) is 1. The summed E-state index contributed by atoms with van der Waals surface area (Å²) in [6.07, 6.45) is 12.7. The van der Waals surface area contributed by atoms with Crippen LogP contribution in [0.5, 0.6) is 0 Å². The van der Waals surface area contributed by atoms with Crippen LogP contribution < -0.4 is 0 Å². The van der Waals surface area contributed by atoms with Crippen LogP contribution >= 0.6 is 0 Å². The van der Waals surface area contributed by atoms with Gasteiger partial charge < -0.3 is 4.90 Å². The highest BCUT2D eigenvalue weighted by molar-refractivity contribution is 5.22. The van der Waals surface area contributed by atoms with Gasteiger partial charge in [-0.3, -0.25) is 0 Å². The van der Waals surface area contributed by atoms with E-state index in [4.69, 9.17) is 0 Å². The van der Waals surface area contributed by atoms with Crippen LogP contribution in [0.15, 0.2) is 23.3 Å². The Hall–Kier alpha value is -0.560. The average Bonchev–Trinajstić information content (AvgIpc) is 2.30. The van der Waals surface area contributed by atoms with Crippen LogP contribution in [-0.4, -0.2) is 25.0 Å². The Labute approximate surface area is 100 Å². The molecule has 1 fully saturated rings. The van der Waals surface area contributed by atoms with E-state index < -0.39 is 0 Å². The SMILES string of the molecule is CC1=C(CCC2CCN(C)CC2)CC=CC1. The van der Waals surface area contributed by atoms with E-state index in [1.807, 2.05) is 0 Å². The van der Waals surface area contributed by atoms with Crippen molar-refractivity contribution in [2.45, 2.75) is 45.4 Å². The van der Waals surface area contributed by atoms with Crippen molar-refractivity contribution in [1.82, 2.24) is 4.90 Å². The van der Waals surface area contributed by atoms with Crippen molar-refractivity contribution >= 4 is 0 Å². The van der Waals surface area contributed by atoms with Crippen molar-refractivity contribution in [1.29, 1.82) is 0 Å². The molecule has 0 aromatic rings. The van der Waals surface area contributed by atoms with Gasteiger partial charge in [0.15, 0.2) is 0 Å². The molecular weight excluding hydrogens is 194 g/mol. The number of hydrogen-bond donors (Lipinski definition) is 0. The molecule has 1 heteroatoms. The van der Waals surface area contributed by atoms with Crippen molar-refractivity contribution in [3.63, 3.8) is 0 Å². The predicted molar refractivity (Wildman–Crippen MR) is 70.5 cm³/mol. The topological polar surface area (TPSA) is 3.24 Å². The first-order valence-corrected chi connectivity index (χ1v) is 6.76. The zero-order valence-electron chi connectivity index (χ0n) is 10.8. The van der Waals surface area contributed by atoms with Crippen LogP contribution in [0, 0.1) is 5.92 Å². The number of likely N-dealkylation sites (tertiary alicyclic amines) is 1. The van der Waals surface area contributed by atoms with Gasteiger partial charge in [-0.1, -0.05) is 23.3 Å². The molecule has 0 N–H and O–H groups in total. The van der Waals surface area contributed by atoms with Gasteiger partial charge >= 0.3 is 0 Å². The van der Waals surface area contributed by atoms with Crippen LogP contribution in [0.1, 0.15) is 45.4 Å². The Morgan fingerprint density at radius 3 is 2.56 bits per heavy atom. The molecule has 0 saturated carbocycles. The molecule has 1 saturated heterocycles. The lowest BCUT2D eigenvalue weighted by atomic mass is 9.87. The highest BCUT2D eigenvalue weighted by Gasteiger charge is 2.17. The number of hydrogen-bond acceptors (Lipinski definition) is 1. The number of allylic oxidation sites excluding steroid dienone is 4. The molecule has 90 valence electrons. The van der Waals surface area contributed by atoms with Crippen molar-refractivity contribution in [2.24, 2.45) is 5.92 Å². The summed E-state index contributed by atoms with van der Waals surface area (Å²) in [4.78, 5) is 2.46. The van der Waals surface area contributed by atoms with Crippen LogP contribution in [0.3, 0.4) is 0 Å². The van der Waals surface area contributed by atoms with Gasteiger partial charge in [-0.15, -0.1) is 0 Å². The maximum Gasteiger partial charge on any atom is -0.00191 e. The Bertz CT molecular complexity index is 280. The maximum atomic E-state index is 2.46. The van der Waals surface area contributed by atoms with E-state index in [0.717, 1.165) is 5.92 Å². The molecule has 1 heterocycles. The fraction of sp³-hybridized carbons (Fsp3) is 0.733. The van der Waals surface area contributed by atoms with Gasteiger partial charge in [-0.2, -0.15) is 0 Å². The van der Waals surface area contributed by atoms with E-state index in [1.165, 1.54) is 51.6 Å². The van der Waals surface area contributed by atoms with Gasteiger partial charge in [0.1, 0.15) is 0 Å². The standard InChI is InChI=1S/C15H25N/c1-13-5-3-4-6-15(13)8-7-14-9-11-16(2)12-10-14/h3-4,14H,5-12H2,1-2H3. The highest BCUT2D eigenvalue weighted by Crippen LogP contribution is 2.28. The van der Waals surface area contributed by atoms with Crippen LogP contribution in [0.2, 0.25) is 0 Å². The molecule has 1 aliphatic carbocycles. The highest BCUT2D eigenvalue weighted by atomic mass is 15.1. The minimum Gasteiger partial charge on any atom is -0.306 e. The summed E-state index contributed by atoms with van der Waals surface area (Å²) in [5.41, 5.74) is 3.36. The second-order valence-electron chi connectivity index (χ2n) is 5.55. The smallest absolute Gasteiger partial charge is 0.00191 e. The first-order chi connectivity index (χ1) is 7.75. The molecule has 16 heavy (non-hydrogen) atoms. The summed E-state index contributed by atoms with van der Waals surface area (Å²) in [7, 11) is 2.24. The third kappa shape index (κ3) is 3.21. The molecular formula is C15H25N. The van der Waals surface area contributed by atoms with Gasteiger partial charge in [0, 0.05) is 0 Å². The summed E-state index contributed by atoms with van der Waals surface area (Å²) < 4.78 is 0. The molecule has 2 aliphatic rings. The quantitative estimate of drug-likeness (QED) is 0.653. The summed E-state index contributed by atoms with van der Waals surface area (Å²) in [6, 6.07) is 0. The molecule has 0 aromatic carbocycles. The van der Waals surface area contributed by atoms with E-state index in [0.29, 0.717) is 0 Å². The lowest BCUT2D eigenvalue weighted by Gasteiger charge is -2.29. The first-order valence-electron chi connectivity index (χ1n) is 6.76. The van der Waals surface area contributed by atoms with Crippen molar-refractivity contribution < 1.29 is 0 Å². The van der Waals surface area contributed by atoms with E-state index in [2.05, 4.69) is 31.0 Å². The van der Waals surface area contributed by atoms with Crippen LogP contribution in [-0.2, 0) is 0 Å². The van der Waals surface area contributed by atoms with Gasteiger partial charge in [-0.25, -0.2) is 0 Å². The van der Waals surface area contributed by atoms with Gasteiger partial charge in [-0.05, 0) is 71.5 Å². The van der Waals surface area contributed by atoms with E-state index in [1.54, 1.807) is 11.1 Å². The fourth-order valence-corrected chi connectivity index (χ4v) is 2.85. The Morgan fingerprint density at radius 1 is 1.19 bits per heavy atom. The van der Waals surface area contributed by atoms with Crippen LogP contribution in [0.25, 0.3) is 0 Å². The summed E-state index contributed by atoms with van der Waals surface area (Å²) in [6.45, 7) is 4.93. The fourth-order valence-electron chi connectivity index (χ4n) is 2.85. The second kappa shape index (κ2) is 5.67. The molecule has 0 atom stereocenters. The molecule has 0 radical (unpaired) electrons. The summed E-state index contributed by atoms with van der Waals surface area (Å²) in [5, 5.41) is 0. The molecule has 1 nitrogen and oxygen atoms in total. The molecule has 0 amide bonds. The lowest BCUT2D eigenvalue weighted by molar-refractivity contribution is 0.212. The molecule has 0 aromatic heterocycles. The average molecular weight is 219 g/mol. The normalized spacial score (nSPS) is 24.1.